The minimum atomic E-state index is -0.593. The minimum Gasteiger partial charge on any atom is -0.356 e. The van der Waals surface area contributed by atoms with Crippen molar-refractivity contribution < 1.29 is 8.78 Å². The molecule has 0 saturated heterocycles. The number of benzene rings is 2. The Labute approximate surface area is 134 Å². The van der Waals surface area contributed by atoms with E-state index in [9.17, 15) is 8.78 Å². The Bertz CT molecular complexity index is 701. The van der Waals surface area contributed by atoms with Crippen LogP contribution >= 0.6 is 12.2 Å². The van der Waals surface area contributed by atoms with Gasteiger partial charge in [0.2, 0.25) is 0 Å². The number of nitrogens with one attached hydrogen (secondary N) is 2. The molecule has 116 valence electrons. The monoisotopic (exact) mass is 320 g/mol. The number of thiocarbonyl (C=S) groups is 1. The average Bonchev–Trinajstić information content (AvgIpc) is 2.42. The maximum Gasteiger partial charge on any atom is 0.171 e. The summed E-state index contributed by atoms with van der Waals surface area (Å²) in [6.07, 6.45) is 0. The smallest absolute Gasteiger partial charge is 0.171 e. The van der Waals surface area contributed by atoms with Crippen LogP contribution in [0.5, 0.6) is 0 Å². The van der Waals surface area contributed by atoms with Gasteiger partial charge < -0.3 is 10.6 Å². The van der Waals surface area contributed by atoms with Gasteiger partial charge in [0.25, 0.3) is 0 Å². The lowest BCUT2D eigenvalue weighted by atomic mass is 10.1. The number of rotatable bonds is 3. The Morgan fingerprint density at radius 3 is 2.41 bits per heavy atom. The molecule has 0 aromatic heterocycles. The normalized spacial score (nSPS) is 11.9. The third-order valence-corrected chi connectivity index (χ3v) is 3.76. The first kappa shape index (κ1) is 16.4. The molecule has 1 atom stereocenters. The molecule has 0 bridgehead atoms. The third-order valence-electron chi connectivity index (χ3n) is 3.54. The Morgan fingerprint density at radius 2 is 1.77 bits per heavy atom. The van der Waals surface area contributed by atoms with Gasteiger partial charge in [0.05, 0.1) is 6.04 Å². The van der Waals surface area contributed by atoms with Gasteiger partial charge in [-0.05, 0) is 62.3 Å². The lowest BCUT2D eigenvalue weighted by Crippen LogP contribution is -2.31. The Morgan fingerprint density at radius 1 is 1.05 bits per heavy atom. The maximum atomic E-state index is 13.7. The first-order valence-electron chi connectivity index (χ1n) is 6.96. The summed E-state index contributed by atoms with van der Waals surface area (Å²) in [7, 11) is 0. The molecular formula is C17H18F2N2S. The lowest BCUT2D eigenvalue weighted by molar-refractivity contribution is 0.554. The maximum absolute atomic E-state index is 13.7. The van der Waals surface area contributed by atoms with Gasteiger partial charge in [0.1, 0.15) is 11.6 Å². The zero-order valence-corrected chi connectivity index (χ0v) is 13.5. The number of halogens is 2. The molecule has 0 amide bonds. The van der Waals surface area contributed by atoms with Crippen molar-refractivity contribution in [3.63, 3.8) is 0 Å². The molecule has 5 heteroatoms. The van der Waals surface area contributed by atoms with Crippen LogP contribution in [0.3, 0.4) is 0 Å². The average molecular weight is 320 g/mol. The highest BCUT2D eigenvalue weighted by molar-refractivity contribution is 7.80. The fourth-order valence-electron chi connectivity index (χ4n) is 2.11. The molecular weight excluding hydrogens is 302 g/mol. The van der Waals surface area contributed by atoms with Gasteiger partial charge in [0.15, 0.2) is 5.11 Å². The molecule has 0 spiro atoms. The standard InChI is InChI=1S/C17H18F2N2S/c1-10-4-6-14(8-11(10)2)21-17(22)20-12(3)15-7-5-13(18)9-16(15)19/h4-9,12H,1-3H3,(H2,20,21,22)/t12-/m0/s1. The Kier molecular flexibility index (Phi) is 5.08. The largest absolute Gasteiger partial charge is 0.356 e. The summed E-state index contributed by atoms with van der Waals surface area (Å²) in [5, 5.41) is 6.45. The van der Waals surface area contributed by atoms with Crippen molar-refractivity contribution in [2.45, 2.75) is 26.8 Å². The van der Waals surface area contributed by atoms with E-state index in [1.165, 1.54) is 17.7 Å². The molecule has 22 heavy (non-hydrogen) atoms. The minimum absolute atomic E-state index is 0.366. The van der Waals surface area contributed by atoms with E-state index in [0.717, 1.165) is 17.3 Å². The topological polar surface area (TPSA) is 24.1 Å². The number of hydrogen-bond donors (Lipinski definition) is 2. The summed E-state index contributed by atoms with van der Waals surface area (Å²) >= 11 is 5.24. The fraction of sp³-hybridized carbons (Fsp3) is 0.235. The molecule has 2 aromatic carbocycles. The predicted molar refractivity (Wildman–Crippen MR) is 90.0 cm³/mol. The van der Waals surface area contributed by atoms with Crippen molar-refractivity contribution in [3.8, 4) is 0 Å². The van der Waals surface area contributed by atoms with Crippen LogP contribution < -0.4 is 10.6 Å². The molecule has 2 rings (SSSR count). The van der Waals surface area contributed by atoms with Crippen LogP contribution in [-0.2, 0) is 0 Å². The van der Waals surface area contributed by atoms with Crippen molar-refractivity contribution in [1.29, 1.82) is 0 Å². The van der Waals surface area contributed by atoms with Crippen molar-refractivity contribution in [2.75, 3.05) is 5.32 Å². The molecule has 0 aliphatic rings. The molecule has 0 aliphatic carbocycles. The number of anilines is 1. The van der Waals surface area contributed by atoms with E-state index < -0.39 is 11.6 Å². The van der Waals surface area contributed by atoms with E-state index >= 15 is 0 Å². The van der Waals surface area contributed by atoms with Crippen LogP contribution in [0.4, 0.5) is 14.5 Å². The van der Waals surface area contributed by atoms with E-state index in [-0.39, 0.29) is 6.04 Å². The van der Waals surface area contributed by atoms with E-state index in [2.05, 4.69) is 10.6 Å². The van der Waals surface area contributed by atoms with Gasteiger partial charge in [-0.25, -0.2) is 8.78 Å². The zero-order valence-electron chi connectivity index (χ0n) is 12.7. The first-order chi connectivity index (χ1) is 10.4. The van der Waals surface area contributed by atoms with Crippen LogP contribution in [0.1, 0.15) is 29.7 Å². The Hall–Kier alpha value is -2.01. The summed E-state index contributed by atoms with van der Waals surface area (Å²) in [5.74, 6) is -1.18. The van der Waals surface area contributed by atoms with Crippen LogP contribution in [-0.4, -0.2) is 5.11 Å². The van der Waals surface area contributed by atoms with Crippen LogP contribution in [0.2, 0.25) is 0 Å². The van der Waals surface area contributed by atoms with E-state index in [4.69, 9.17) is 12.2 Å². The van der Waals surface area contributed by atoms with E-state index in [0.29, 0.717) is 10.7 Å². The molecule has 0 radical (unpaired) electrons. The van der Waals surface area contributed by atoms with Gasteiger partial charge in [-0.15, -0.1) is 0 Å². The second-order valence-electron chi connectivity index (χ2n) is 5.29. The second-order valence-corrected chi connectivity index (χ2v) is 5.69. The molecule has 0 aliphatic heterocycles. The van der Waals surface area contributed by atoms with Gasteiger partial charge in [0, 0.05) is 17.3 Å². The van der Waals surface area contributed by atoms with Crippen molar-refractivity contribution >= 4 is 23.0 Å². The summed E-state index contributed by atoms with van der Waals surface area (Å²) in [6.45, 7) is 5.83. The molecule has 2 nitrogen and oxygen atoms in total. The Balaban J connectivity index is 2.03. The number of aryl methyl sites for hydroxylation is 2. The molecule has 0 fully saturated rings. The highest BCUT2D eigenvalue weighted by atomic mass is 32.1. The van der Waals surface area contributed by atoms with Crippen molar-refractivity contribution in [1.82, 2.24) is 5.32 Å². The molecule has 0 heterocycles. The van der Waals surface area contributed by atoms with Gasteiger partial charge >= 0.3 is 0 Å². The van der Waals surface area contributed by atoms with Crippen LogP contribution in [0, 0.1) is 25.5 Å². The number of hydrogen-bond acceptors (Lipinski definition) is 1. The lowest BCUT2D eigenvalue weighted by Gasteiger charge is -2.18. The second kappa shape index (κ2) is 6.83. The van der Waals surface area contributed by atoms with E-state index in [1.807, 2.05) is 32.0 Å². The van der Waals surface area contributed by atoms with Crippen LogP contribution in [0.25, 0.3) is 0 Å². The van der Waals surface area contributed by atoms with Crippen molar-refractivity contribution in [2.24, 2.45) is 0 Å². The highest BCUT2D eigenvalue weighted by Gasteiger charge is 2.12. The highest BCUT2D eigenvalue weighted by Crippen LogP contribution is 2.18. The summed E-state index contributed by atoms with van der Waals surface area (Å²) in [6, 6.07) is 9.08. The molecule has 2 aromatic rings. The first-order valence-corrected chi connectivity index (χ1v) is 7.37. The SMILES string of the molecule is Cc1ccc(NC(=S)N[C@@H](C)c2ccc(F)cc2F)cc1C. The summed E-state index contributed by atoms with van der Waals surface area (Å²) in [5.41, 5.74) is 3.59. The predicted octanol–water partition coefficient (Wildman–Crippen LogP) is 4.63. The molecule has 2 N–H and O–H groups in total. The fourth-order valence-corrected chi connectivity index (χ4v) is 2.41. The summed E-state index contributed by atoms with van der Waals surface area (Å²) < 4.78 is 26.7. The van der Waals surface area contributed by atoms with Gasteiger partial charge in [-0.2, -0.15) is 0 Å². The van der Waals surface area contributed by atoms with Crippen LogP contribution in [0.15, 0.2) is 36.4 Å². The van der Waals surface area contributed by atoms with Gasteiger partial charge in [-0.1, -0.05) is 12.1 Å². The third kappa shape index (κ3) is 4.01. The molecule has 0 saturated carbocycles. The quantitative estimate of drug-likeness (QED) is 0.806. The zero-order chi connectivity index (χ0) is 16.3. The van der Waals surface area contributed by atoms with E-state index in [1.54, 1.807) is 6.92 Å². The van der Waals surface area contributed by atoms with Gasteiger partial charge in [-0.3, -0.25) is 0 Å². The summed E-state index contributed by atoms with van der Waals surface area (Å²) in [4.78, 5) is 0. The van der Waals surface area contributed by atoms with Crippen molar-refractivity contribution in [3.05, 3.63) is 64.7 Å². The molecule has 0 unspecified atom stereocenters.